The Bertz CT molecular complexity index is 1040. The molecule has 5 heteroatoms. The maximum absolute atomic E-state index is 14.8. The molecule has 0 aromatic heterocycles. The molecule has 1 atom stereocenters. The van der Waals surface area contributed by atoms with Crippen molar-refractivity contribution in [2.24, 2.45) is 0 Å². The summed E-state index contributed by atoms with van der Waals surface area (Å²) < 4.78 is 54.3. The number of benzene rings is 3. The molecule has 3 aromatic carbocycles. The van der Waals surface area contributed by atoms with Crippen LogP contribution >= 0.6 is 0 Å². The van der Waals surface area contributed by atoms with Gasteiger partial charge < -0.3 is 9.47 Å². The average molecular weight is 426 g/mol. The second-order valence-corrected chi connectivity index (χ2v) is 7.79. The third-order valence-corrected chi connectivity index (χ3v) is 5.65. The summed E-state index contributed by atoms with van der Waals surface area (Å²) in [6.07, 6.45) is -1.42. The molecule has 0 saturated heterocycles. The molecule has 0 aliphatic carbocycles. The number of ether oxygens (including phenoxy) is 2. The van der Waals surface area contributed by atoms with Crippen LogP contribution in [-0.2, 0) is 12.8 Å². The van der Waals surface area contributed by atoms with Crippen molar-refractivity contribution in [1.82, 2.24) is 0 Å². The quantitative estimate of drug-likeness (QED) is 0.416. The van der Waals surface area contributed by atoms with Crippen LogP contribution in [0, 0.1) is 5.82 Å². The van der Waals surface area contributed by atoms with E-state index < -0.39 is 23.6 Å². The van der Waals surface area contributed by atoms with E-state index in [0.717, 1.165) is 24.0 Å². The van der Waals surface area contributed by atoms with E-state index in [1.807, 2.05) is 24.3 Å². The Morgan fingerprint density at radius 3 is 2.19 bits per heavy atom. The second-order valence-electron chi connectivity index (χ2n) is 7.79. The molecular weight excluding hydrogens is 401 g/mol. The van der Waals surface area contributed by atoms with Crippen LogP contribution in [0.3, 0.4) is 0 Å². The lowest BCUT2D eigenvalue weighted by atomic mass is 9.87. The van der Waals surface area contributed by atoms with Crippen LogP contribution < -0.4 is 9.47 Å². The summed E-state index contributed by atoms with van der Waals surface area (Å²) in [4.78, 5) is 0. The van der Waals surface area contributed by atoms with E-state index in [4.69, 9.17) is 9.47 Å². The van der Waals surface area contributed by atoms with E-state index in [1.54, 1.807) is 25.1 Å². The summed E-state index contributed by atoms with van der Waals surface area (Å²) >= 11 is 0. The Hall–Kier alpha value is -2.95. The molecule has 0 bridgehead atoms. The number of rotatable bonds is 6. The van der Waals surface area contributed by atoms with Crippen LogP contribution in [-0.4, -0.2) is 12.7 Å². The van der Waals surface area contributed by atoms with Gasteiger partial charge in [-0.15, -0.1) is 0 Å². The highest BCUT2D eigenvalue weighted by molar-refractivity contribution is 5.64. The fourth-order valence-corrected chi connectivity index (χ4v) is 4.03. The normalized spacial score (nSPS) is 17.0. The third-order valence-electron chi connectivity index (χ3n) is 5.65. The topological polar surface area (TPSA) is 18.5 Å². The molecule has 0 radical (unpaired) electrons. The van der Waals surface area contributed by atoms with E-state index >= 15 is 0 Å². The van der Waals surface area contributed by atoms with Gasteiger partial charge in [-0.05, 0) is 53.6 Å². The predicted octanol–water partition coefficient (Wildman–Crippen LogP) is 7.16. The zero-order valence-electron chi connectivity index (χ0n) is 17.6. The number of halogens is 3. The summed E-state index contributed by atoms with van der Waals surface area (Å²) in [5, 5.41) is 0. The zero-order valence-corrected chi connectivity index (χ0v) is 17.6. The molecular formula is C26H25F3O2. The first-order valence-corrected chi connectivity index (χ1v) is 10.6. The van der Waals surface area contributed by atoms with Gasteiger partial charge in [0.2, 0.25) is 5.82 Å². The molecule has 1 unspecified atom stereocenters. The van der Waals surface area contributed by atoms with Gasteiger partial charge in [-0.1, -0.05) is 67.9 Å². The summed E-state index contributed by atoms with van der Waals surface area (Å²) in [5.41, 5.74) is 4.14. The van der Waals surface area contributed by atoms with Crippen molar-refractivity contribution in [3.8, 4) is 22.6 Å². The first-order chi connectivity index (χ1) is 14.9. The summed E-state index contributed by atoms with van der Waals surface area (Å²) in [7, 11) is 0. The van der Waals surface area contributed by atoms with Gasteiger partial charge in [-0.25, -0.2) is 0 Å². The van der Waals surface area contributed by atoms with Crippen LogP contribution in [0.2, 0.25) is 0 Å². The van der Waals surface area contributed by atoms with Gasteiger partial charge >= 0.3 is 6.11 Å². The minimum Gasteiger partial charge on any atom is -0.491 e. The highest BCUT2D eigenvalue weighted by Crippen LogP contribution is 2.47. The number of alkyl halides is 2. The highest BCUT2D eigenvalue weighted by atomic mass is 19.3. The number of aryl methyl sites for hydroxylation is 1. The SMILES string of the molecule is CCCc1ccc(-c2ccc(C3Cc4ccc(OCC)c(F)c4OC3(F)F)cc2)cc1. The highest BCUT2D eigenvalue weighted by Gasteiger charge is 2.48. The van der Waals surface area contributed by atoms with Crippen LogP contribution in [0.1, 0.15) is 42.9 Å². The van der Waals surface area contributed by atoms with Crippen LogP contribution in [0.25, 0.3) is 11.1 Å². The van der Waals surface area contributed by atoms with E-state index in [2.05, 4.69) is 19.1 Å². The van der Waals surface area contributed by atoms with Gasteiger partial charge in [-0.2, -0.15) is 13.2 Å². The van der Waals surface area contributed by atoms with Crippen molar-refractivity contribution in [2.45, 2.75) is 45.1 Å². The molecule has 0 spiro atoms. The monoisotopic (exact) mass is 426 g/mol. The van der Waals surface area contributed by atoms with E-state index in [0.29, 0.717) is 11.1 Å². The Morgan fingerprint density at radius 2 is 1.58 bits per heavy atom. The minimum absolute atomic E-state index is 0.0171. The molecule has 2 nitrogen and oxygen atoms in total. The largest absolute Gasteiger partial charge is 0.491 e. The smallest absolute Gasteiger partial charge is 0.405 e. The van der Waals surface area contributed by atoms with Gasteiger partial charge in [0.15, 0.2) is 11.5 Å². The lowest BCUT2D eigenvalue weighted by Gasteiger charge is -2.33. The number of hydrogen-bond acceptors (Lipinski definition) is 2. The van der Waals surface area contributed by atoms with Crippen molar-refractivity contribution >= 4 is 0 Å². The third kappa shape index (κ3) is 4.27. The van der Waals surface area contributed by atoms with Crippen LogP contribution in [0.4, 0.5) is 13.2 Å². The van der Waals surface area contributed by atoms with Gasteiger partial charge in [0.05, 0.1) is 12.5 Å². The molecule has 0 amide bonds. The number of fused-ring (bicyclic) bond motifs is 1. The molecule has 4 rings (SSSR count). The lowest BCUT2D eigenvalue weighted by molar-refractivity contribution is -0.203. The van der Waals surface area contributed by atoms with Crippen molar-refractivity contribution in [2.75, 3.05) is 6.61 Å². The van der Waals surface area contributed by atoms with E-state index in [9.17, 15) is 13.2 Å². The van der Waals surface area contributed by atoms with Crippen LogP contribution in [0.5, 0.6) is 11.5 Å². The Kier molecular flexibility index (Phi) is 5.94. The standard InChI is InChI=1S/C26H25F3O2/c1-3-5-17-6-8-18(9-7-17)19-10-12-20(13-11-19)22-16-21-14-15-23(30-4-2)24(27)25(21)31-26(22,28)29/h6-15,22H,3-5,16H2,1-2H3. The maximum Gasteiger partial charge on any atom is 0.405 e. The van der Waals surface area contributed by atoms with E-state index in [1.165, 1.54) is 11.6 Å². The minimum atomic E-state index is -3.53. The second kappa shape index (κ2) is 8.66. The molecule has 1 aliphatic heterocycles. The predicted molar refractivity (Wildman–Crippen MR) is 115 cm³/mol. The van der Waals surface area contributed by atoms with Crippen molar-refractivity contribution in [1.29, 1.82) is 0 Å². The van der Waals surface area contributed by atoms with Gasteiger partial charge in [0, 0.05) is 0 Å². The molecule has 31 heavy (non-hydrogen) atoms. The zero-order chi connectivity index (χ0) is 22.0. The first kappa shape index (κ1) is 21.3. The maximum atomic E-state index is 14.8. The summed E-state index contributed by atoms with van der Waals surface area (Å²) in [5.74, 6) is -2.57. The lowest BCUT2D eigenvalue weighted by Crippen LogP contribution is -2.38. The molecule has 0 fully saturated rings. The van der Waals surface area contributed by atoms with Crippen molar-refractivity contribution in [3.05, 3.63) is 83.2 Å². The summed E-state index contributed by atoms with van der Waals surface area (Å²) in [6, 6.07) is 18.4. The van der Waals surface area contributed by atoms with Gasteiger partial charge in [0.25, 0.3) is 0 Å². The van der Waals surface area contributed by atoms with E-state index in [-0.39, 0.29) is 18.8 Å². The Morgan fingerprint density at radius 1 is 0.935 bits per heavy atom. The fourth-order valence-electron chi connectivity index (χ4n) is 4.03. The summed E-state index contributed by atoms with van der Waals surface area (Å²) in [6.45, 7) is 4.08. The Balaban J connectivity index is 1.59. The fraction of sp³-hybridized carbons (Fsp3) is 0.308. The van der Waals surface area contributed by atoms with Gasteiger partial charge in [0.1, 0.15) is 0 Å². The number of hydrogen-bond donors (Lipinski definition) is 0. The molecule has 0 N–H and O–H groups in total. The average Bonchev–Trinajstić information content (AvgIpc) is 2.76. The molecule has 162 valence electrons. The molecule has 3 aromatic rings. The molecule has 1 aliphatic rings. The molecule has 1 heterocycles. The van der Waals surface area contributed by atoms with Gasteiger partial charge in [-0.3, -0.25) is 0 Å². The van der Waals surface area contributed by atoms with Crippen molar-refractivity contribution < 1.29 is 22.6 Å². The Labute approximate surface area is 180 Å². The first-order valence-electron chi connectivity index (χ1n) is 10.6. The van der Waals surface area contributed by atoms with Crippen LogP contribution in [0.15, 0.2) is 60.7 Å². The van der Waals surface area contributed by atoms with Crippen molar-refractivity contribution in [3.63, 3.8) is 0 Å². The molecule has 0 saturated carbocycles.